The molecule has 2 amide bonds. The predicted molar refractivity (Wildman–Crippen MR) is 94.0 cm³/mol. The summed E-state index contributed by atoms with van der Waals surface area (Å²) in [6, 6.07) is 6.67. The third-order valence-electron chi connectivity index (χ3n) is 6.00. The van der Waals surface area contributed by atoms with E-state index >= 15 is 0 Å². The summed E-state index contributed by atoms with van der Waals surface area (Å²) >= 11 is 0. The molecule has 1 aliphatic carbocycles. The van der Waals surface area contributed by atoms with Gasteiger partial charge in [-0.1, -0.05) is 44.9 Å². The van der Waals surface area contributed by atoms with Crippen molar-refractivity contribution >= 4 is 11.8 Å². The summed E-state index contributed by atoms with van der Waals surface area (Å²) in [5.74, 6) is 0.353. The van der Waals surface area contributed by atoms with Gasteiger partial charge in [-0.3, -0.25) is 9.59 Å². The molecule has 5 heteroatoms. The number of nitrogens with zero attached hydrogens (tertiary/aromatic N) is 1. The van der Waals surface area contributed by atoms with Crippen molar-refractivity contribution < 1.29 is 14.0 Å². The first-order valence-electron chi connectivity index (χ1n) is 9.28. The fourth-order valence-corrected chi connectivity index (χ4v) is 4.19. The van der Waals surface area contributed by atoms with Crippen molar-refractivity contribution in [3.05, 3.63) is 35.6 Å². The van der Waals surface area contributed by atoms with E-state index in [2.05, 4.69) is 19.2 Å². The molecule has 1 N–H and O–H groups in total. The van der Waals surface area contributed by atoms with Gasteiger partial charge >= 0.3 is 0 Å². The van der Waals surface area contributed by atoms with Crippen LogP contribution in [-0.4, -0.2) is 29.3 Å². The number of benzene rings is 1. The van der Waals surface area contributed by atoms with Crippen molar-refractivity contribution in [2.45, 2.75) is 52.1 Å². The predicted octanol–water partition coefficient (Wildman–Crippen LogP) is 3.12. The molecule has 3 rings (SSSR count). The Bertz CT molecular complexity index is 648. The SMILES string of the molecule is C[C@H]1[C@H](N2C[C@H](C(=O)NCc3ccccc3F)CC2=O)CCC[C@@H]1C. The summed E-state index contributed by atoms with van der Waals surface area (Å²) in [4.78, 5) is 26.8. The van der Waals surface area contributed by atoms with E-state index in [9.17, 15) is 14.0 Å². The summed E-state index contributed by atoms with van der Waals surface area (Å²) in [6.07, 6.45) is 3.65. The molecule has 136 valence electrons. The molecule has 0 radical (unpaired) electrons. The maximum Gasteiger partial charge on any atom is 0.225 e. The second-order valence-electron chi connectivity index (χ2n) is 7.59. The smallest absolute Gasteiger partial charge is 0.225 e. The lowest BCUT2D eigenvalue weighted by Gasteiger charge is -2.40. The van der Waals surface area contributed by atoms with Crippen molar-refractivity contribution in [3.8, 4) is 0 Å². The standard InChI is InChI=1S/C20H27FN2O2/c1-13-6-5-9-18(14(13)2)23-12-16(10-19(23)24)20(25)22-11-15-7-3-4-8-17(15)21/h3-4,7-8,13-14,16,18H,5-6,9-12H2,1-2H3,(H,22,25)/t13-,14+,16+,18+/m0/s1. The van der Waals surface area contributed by atoms with Crippen LogP contribution in [0.25, 0.3) is 0 Å². The number of hydrogen-bond acceptors (Lipinski definition) is 2. The molecule has 4 atom stereocenters. The molecular formula is C20H27FN2O2. The lowest BCUT2D eigenvalue weighted by atomic mass is 9.77. The van der Waals surface area contributed by atoms with E-state index in [0.717, 1.165) is 12.8 Å². The zero-order valence-electron chi connectivity index (χ0n) is 15.0. The monoisotopic (exact) mass is 346 g/mol. The summed E-state index contributed by atoms with van der Waals surface area (Å²) < 4.78 is 13.7. The molecule has 25 heavy (non-hydrogen) atoms. The Labute approximate surface area is 148 Å². The lowest BCUT2D eigenvalue weighted by Crippen LogP contribution is -2.45. The van der Waals surface area contributed by atoms with Crippen molar-refractivity contribution in [1.29, 1.82) is 0 Å². The molecule has 0 unspecified atom stereocenters. The molecule has 1 saturated carbocycles. The van der Waals surface area contributed by atoms with Gasteiger partial charge in [-0.15, -0.1) is 0 Å². The van der Waals surface area contributed by atoms with Crippen LogP contribution in [0, 0.1) is 23.6 Å². The number of likely N-dealkylation sites (tertiary alicyclic amines) is 1. The highest BCUT2D eigenvalue weighted by Crippen LogP contribution is 2.35. The lowest BCUT2D eigenvalue weighted by molar-refractivity contribution is -0.132. The van der Waals surface area contributed by atoms with Crippen LogP contribution in [-0.2, 0) is 16.1 Å². The number of rotatable bonds is 4. The van der Waals surface area contributed by atoms with Crippen molar-refractivity contribution in [2.75, 3.05) is 6.54 Å². The Morgan fingerprint density at radius 2 is 2.04 bits per heavy atom. The van der Waals surface area contributed by atoms with E-state index in [4.69, 9.17) is 0 Å². The summed E-state index contributed by atoms with van der Waals surface area (Å²) in [5.41, 5.74) is 0.465. The van der Waals surface area contributed by atoms with E-state index in [0.29, 0.717) is 23.9 Å². The van der Waals surface area contributed by atoms with Crippen LogP contribution in [0.2, 0.25) is 0 Å². The van der Waals surface area contributed by atoms with Crippen LogP contribution < -0.4 is 5.32 Å². The number of carbonyl (C=O) groups is 2. The van der Waals surface area contributed by atoms with Gasteiger partial charge in [0.25, 0.3) is 0 Å². The number of hydrogen-bond donors (Lipinski definition) is 1. The van der Waals surface area contributed by atoms with Gasteiger partial charge in [-0.2, -0.15) is 0 Å². The van der Waals surface area contributed by atoms with Gasteiger partial charge in [-0.25, -0.2) is 4.39 Å². The maximum absolute atomic E-state index is 13.7. The Balaban J connectivity index is 1.58. The average molecular weight is 346 g/mol. The minimum atomic E-state index is -0.330. The van der Waals surface area contributed by atoms with Gasteiger partial charge in [0.2, 0.25) is 11.8 Å². The first-order valence-corrected chi connectivity index (χ1v) is 9.28. The largest absolute Gasteiger partial charge is 0.352 e. The molecule has 1 heterocycles. The molecule has 4 nitrogen and oxygen atoms in total. The van der Waals surface area contributed by atoms with Crippen molar-refractivity contribution in [3.63, 3.8) is 0 Å². The van der Waals surface area contributed by atoms with Gasteiger partial charge in [0.05, 0.1) is 5.92 Å². The number of nitrogens with one attached hydrogen (secondary N) is 1. The van der Waals surface area contributed by atoms with Gasteiger partial charge in [0, 0.05) is 31.1 Å². The highest BCUT2D eigenvalue weighted by Gasteiger charge is 2.41. The Morgan fingerprint density at radius 1 is 1.28 bits per heavy atom. The highest BCUT2D eigenvalue weighted by molar-refractivity contribution is 5.89. The summed E-state index contributed by atoms with van der Waals surface area (Å²) in [6.45, 7) is 5.11. The topological polar surface area (TPSA) is 49.4 Å². The van der Waals surface area contributed by atoms with Crippen molar-refractivity contribution in [2.24, 2.45) is 17.8 Å². The van der Waals surface area contributed by atoms with E-state index in [1.54, 1.807) is 18.2 Å². The van der Waals surface area contributed by atoms with E-state index in [1.165, 1.54) is 12.5 Å². The van der Waals surface area contributed by atoms with E-state index in [-0.39, 0.29) is 42.6 Å². The Morgan fingerprint density at radius 3 is 2.80 bits per heavy atom. The van der Waals surface area contributed by atoms with Crippen LogP contribution in [0.5, 0.6) is 0 Å². The normalized spacial score (nSPS) is 29.7. The third kappa shape index (κ3) is 3.86. The molecule has 1 aromatic rings. The van der Waals surface area contributed by atoms with Gasteiger partial charge in [-0.05, 0) is 24.3 Å². The molecule has 0 spiro atoms. The fraction of sp³-hybridized carbons (Fsp3) is 0.600. The van der Waals surface area contributed by atoms with Crippen LogP contribution in [0.1, 0.15) is 45.1 Å². The van der Waals surface area contributed by atoms with Gasteiger partial charge in [0.15, 0.2) is 0 Å². The second-order valence-corrected chi connectivity index (χ2v) is 7.59. The summed E-state index contributed by atoms with van der Waals surface area (Å²) in [5, 5.41) is 2.79. The fourth-order valence-electron chi connectivity index (χ4n) is 4.19. The first kappa shape index (κ1) is 17.9. The number of amides is 2. The minimum absolute atomic E-state index is 0.0805. The molecule has 0 bridgehead atoms. The Hall–Kier alpha value is -1.91. The van der Waals surface area contributed by atoms with Crippen LogP contribution in [0.4, 0.5) is 4.39 Å². The number of halogens is 1. The molecule has 1 aliphatic heterocycles. The molecule has 1 saturated heterocycles. The van der Waals surface area contributed by atoms with Crippen LogP contribution in [0.3, 0.4) is 0 Å². The first-order chi connectivity index (χ1) is 12.0. The molecular weight excluding hydrogens is 319 g/mol. The molecule has 2 fully saturated rings. The summed E-state index contributed by atoms with van der Waals surface area (Å²) in [7, 11) is 0. The maximum atomic E-state index is 13.7. The Kier molecular flexibility index (Phi) is 5.40. The van der Waals surface area contributed by atoms with Gasteiger partial charge in [0.1, 0.15) is 5.82 Å². The quantitative estimate of drug-likeness (QED) is 0.911. The number of carbonyl (C=O) groups excluding carboxylic acids is 2. The zero-order chi connectivity index (χ0) is 18.0. The van der Waals surface area contributed by atoms with E-state index in [1.807, 2.05) is 4.90 Å². The third-order valence-corrected chi connectivity index (χ3v) is 6.00. The average Bonchev–Trinajstić information content (AvgIpc) is 2.98. The zero-order valence-corrected chi connectivity index (χ0v) is 15.0. The van der Waals surface area contributed by atoms with Crippen LogP contribution in [0.15, 0.2) is 24.3 Å². The minimum Gasteiger partial charge on any atom is -0.352 e. The second kappa shape index (κ2) is 7.54. The molecule has 2 aliphatic rings. The highest BCUT2D eigenvalue weighted by atomic mass is 19.1. The molecule has 1 aromatic carbocycles. The van der Waals surface area contributed by atoms with Gasteiger partial charge < -0.3 is 10.2 Å². The molecule has 0 aromatic heterocycles. The van der Waals surface area contributed by atoms with E-state index < -0.39 is 0 Å². The van der Waals surface area contributed by atoms with Crippen molar-refractivity contribution in [1.82, 2.24) is 10.2 Å². The van der Waals surface area contributed by atoms with Crippen LogP contribution >= 0.6 is 0 Å².